The van der Waals surface area contributed by atoms with E-state index in [-0.39, 0.29) is 42.7 Å². The number of carbonyl (C=O) groups excluding carboxylic acids is 1. The average Bonchev–Trinajstić information content (AvgIpc) is 3.09. The Kier molecular flexibility index (Phi) is 9.35. The number of amides is 1. The molecule has 2 saturated carbocycles. The fraction of sp³-hybridized carbons (Fsp3) is 0.944. The van der Waals surface area contributed by atoms with Gasteiger partial charge in [-0.25, -0.2) is 0 Å². The van der Waals surface area contributed by atoms with Crippen molar-refractivity contribution < 1.29 is 4.79 Å². The Labute approximate surface area is 159 Å². The lowest BCUT2D eigenvalue weighted by atomic mass is 9.84. The molecule has 1 saturated heterocycles. The number of piperidine rings is 1. The minimum Gasteiger partial charge on any atom is -0.356 e. The summed E-state index contributed by atoms with van der Waals surface area (Å²) in [4.78, 5) is 14.9. The van der Waals surface area contributed by atoms with Crippen molar-refractivity contribution in [3.8, 4) is 0 Å². The van der Waals surface area contributed by atoms with Crippen molar-refractivity contribution in [2.75, 3.05) is 26.2 Å². The molecule has 24 heavy (non-hydrogen) atoms. The third-order valence-electron chi connectivity index (χ3n) is 6.36. The maximum Gasteiger partial charge on any atom is 0.224 e. The summed E-state index contributed by atoms with van der Waals surface area (Å²) in [5.41, 5.74) is 6.24. The number of hydrogen-bond acceptors (Lipinski definition) is 3. The van der Waals surface area contributed by atoms with Crippen LogP contribution in [0.1, 0.15) is 51.9 Å². The average molecular weight is 380 g/mol. The summed E-state index contributed by atoms with van der Waals surface area (Å²) in [5.74, 6) is 2.41. The van der Waals surface area contributed by atoms with Crippen LogP contribution < -0.4 is 11.1 Å². The Balaban J connectivity index is 0.00000144. The molecule has 4 unspecified atom stereocenters. The van der Waals surface area contributed by atoms with Gasteiger partial charge in [-0.3, -0.25) is 4.79 Å². The van der Waals surface area contributed by atoms with Gasteiger partial charge in [0.1, 0.15) is 0 Å². The number of carbonyl (C=O) groups is 1. The van der Waals surface area contributed by atoms with Gasteiger partial charge in [0.15, 0.2) is 0 Å². The normalized spacial score (nSPS) is 32.9. The van der Waals surface area contributed by atoms with E-state index < -0.39 is 0 Å². The highest BCUT2D eigenvalue weighted by atomic mass is 35.5. The summed E-state index contributed by atoms with van der Waals surface area (Å²) in [6.45, 7) is 6.88. The topological polar surface area (TPSA) is 58.4 Å². The SMILES string of the molecule is CC1CCN(CCCCNC(=O)C2C3CCC(C3)C2N)CC1.Cl.Cl. The van der Waals surface area contributed by atoms with Crippen LogP contribution in [0.15, 0.2) is 0 Å². The predicted molar refractivity (Wildman–Crippen MR) is 104 cm³/mol. The number of nitrogens with two attached hydrogens (primary N) is 1. The minimum atomic E-state index is 0. The molecule has 4 atom stereocenters. The molecule has 0 aromatic carbocycles. The molecule has 3 rings (SSSR count). The zero-order valence-corrected chi connectivity index (χ0v) is 16.5. The third kappa shape index (κ3) is 5.23. The van der Waals surface area contributed by atoms with Gasteiger partial charge in [-0.05, 0) is 82.3 Å². The van der Waals surface area contributed by atoms with Gasteiger partial charge in [0.2, 0.25) is 5.91 Å². The van der Waals surface area contributed by atoms with E-state index in [4.69, 9.17) is 5.73 Å². The van der Waals surface area contributed by atoms with E-state index in [9.17, 15) is 4.79 Å². The zero-order chi connectivity index (χ0) is 15.5. The maximum atomic E-state index is 12.3. The summed E-state index contributed by atoms with van der Waals surface area (Å²) >= 11 is 0. The number of rotatable bonds is 6. The highest BCUT2D eigenvalue weighted by molar-refractivity contribution is 5.85. The summed E-state index contributed by atoms with van der Waals surface area (Å²) in [5, 5.41) is 3.15. The predicted octanol–water partition coefficient (Wildman–Crippen LogP) is 2.83. The Hall–Kier alpha value is -0.0300. The lowest BCUT2D eigenvalue weighted by molar-refractivity contribution is -0.127. The van der Waals surface area contributed by atoms with Crippen molar-refractivity contribution in [3.63, 3.8) is 0 Å². The lowest BCUT2D eigenvalue weighted by Crippen LogP contribution is -2.45. The second-order valence-corrected chi connectivity index (χ2v) is 7.96. The van der Waals surface area contributed by atoms with Gasteiger partial charge < -0.3 is 16.0 Å². The van der Waals surface area contributed by atoms with Crippen LogP contribution in [0.4, 0.5) is 0 Å². The standard InChI is InChI=1S/C18H33N3O.2ClH/c1-13-6-10-21(11-7-13)9-3-2-8-20-18(22)16-14-4-5-15(12-14)17(16)19;;/h13-17H,2-12,19H2,1H3,(H,20,22);2*1H. The molecule has 1 amide bonds. The molecule has 3 fully saturated rings. The Bertz CT molecular complexity index is 386. The van der Waals surface area contributed by atoms with E-state index in [0.29, 0.717) is 11.8 Å². The van der Waals surface area contributed by atoms with E-state index in [0.717, 1.165) is 18.9 Å². The lowest BCUT2D eigenvalue weighted by Gasteiger charge is -2.30. The van der Waals surface area contributed by atoms with Crippen LogP contribution in [-0.2, 0) is 4.79 Å². The van der Waals surface area contributed by atoms with Crippen LogP contribution in [0.5, 0.6) is 0 Å². The van der Waals surface area contributed by atoms with E-state index >= 15 is 0 Å². The first-order valence-corrected chi connectivity index (χ1v) is 9.41. The second-order valence-electron chi connectivity index (χ2n) is 7.96. The van der Waals surface area contributed by atoms with Gasteiger partial charge in [0.05, 0.1) is 5.92 Å². The number of unbranched alkanes of at least 4 members (excludes halogenated alkanes) is 1. The molecular formula is C18H35Cl2N3O. The highest BCUT2D eigenvalue weighted by Crippen LogP contribution is 2.47. The number of hydrogen-bond donors (Lipinski definition) is 2. The van der Waals surface area contributed by atoms with Crippen molar-refractivity contribution in [1.82, 2.24) is 10.2 Å². The van der Waals surface area contributed by atoms with Gasteiger partial charge >= 0.3 is 0 Å². The molecule has 0 aromatic heterocycles. The van der Waals surface area contributed by atoms with Crippen LogP contribution in [0, 0.1) is 23.7 Å². The summed E-state index contributed by atoms with van der Waals surface area (Å²) < 4.78 is 0. The molecule has 3 aliphatic rings. The molecule has 2 bridgehead atoms. The van der Waals surface area contributed by atoms with Crippen LogP contribution in [0.2, 0.25) is 0 Å². The van der Waals surface area contributed by atoms with Crippen molar-refractivity contribution >= 4 is 30.7 Å². The number of nitrogens with zero attached hydrogens (tertiary/aromatic N) is 1. The second kappa shape index (κ2) is 10.2. The maximum absolute atomic E-state index is 12.3. The first-order chi connectivity index (χ1) is 10.6. The van der Waals surface area contributed by atoms with Crippen molar-refractivity contribution in [2.24, 2.45) is 29.4 Å². The monoisotopic (exact) mass is 379 g/mol. The first kappa shape index (κ1) is 22.0. The van der Waals surface area contributed by atoms with Crippen molar-refractivity contribution in [3.05, 3.63) is 0 Å². The summed E-state index contributed by atoms with van der Waals surface area (Å²) in [6.07, 6.45) is 8.61. The Morgan fingerprint density at radius 1 is 1.08 bits per heavy atom. The molecule has 0 spiro atoms. The summed E-state index contributed by atoms with van der Waals surface area (Å²) in [7, 11) is 0. The van der Waals surface area contributed by atoms with E-state index in [1.807, 2.05) is 0 Å². The van der Waals surface area contributed by atoms with Crippen LogP contribution in [0.3, 0.4) is 0 Å². The molecule has 0 aromatic rings. The van der Waals surface area contributed by atoms with Gasteiger partial charge in [-0.15, -0.1) is 24.8 Å². The molecule has 4 nitrogen and oxygen atoms in total. The third-order valence-corrected chi connectivity index (χ3v) is 6.36. The van der Waals surface area contributed by atoms with Crippen LogP contribution >= 0.6 is 24.8 Å². The van der Waals surface area contributed by atoms with Crippen molar-refractivity contribution in [1.29, 1.82) is 0 Å². The fourth-order valence-corrected chi connectivity index (χ4v) is 4.80. The van der Waals surface area contributed by atoms with Gasteiger partial charge in [0, 0.05) is 12.6 Å². The largest absolute Gasteiger partial charge is 0.356 e. The van der Waals surface area contributed by atoms with Gasteiger partial charge in [-0.2, -0.15) is 0 Å². The first-order valence-electron chi connectivity index (χ1n) is 9.41. The molecule has 6 heteroatoms. The number of likely N-dealkylation sites (tertiary alicyclic amines) is 1. The molecule has 1 aliphatic heterocycles. The number of fused-ring (bicyclic) bond motifs is 2. The van der Waals surface area contributed by atoms with Crippen molar-refractivity contribution in [2.45, 2.75) is 57.9 Å². The fourth-order valence-electron chi connectivity index (χ4n) is 4.80. The quantitative estimate of drug-likeness (QED) is 0.697. The highest BCUT2D eigenvalue weighted by Gasteiger charge is 2.48. The van der Waals surface area contributed by atoms with E-state index in [2.05, 4.69) is 17.1 Å². The molecular weight excluding hydrogens is 345 g/mol. The number of nitrogens with one attached hydrogen (secondary N) is 1. The molecule has 142 valence electrons. The van der Waals surface area contributed by atoms with Gasteiger partial charge in [0.25, 0.3) is 0 Å². The summed E-state index contributed by atoms with van der Waals surface area (Å²) in [6, 6.07) is 0.120. The van der Waals surface area contributed by atoms with Crippen LogP contribution in [0.25, 0.3) is 0 Å². The molecule has 3 N–H and O–H groups in total. The smallest absolute Gasteiger partial charge is 0.224 e. The zero-order valence-electron chi connectivity index (χ0n) is 14.9. The molecule has 2 aliphatic carbocycles. The van der Waals surface area contributed by atoms with Crippen LogP contribution in [-0.4, -0.2) is 43.0 Å². The van der Waals surface area contributed by atoms with E-state index in [1.54, 1.807) is 0 Å². The minimum absolute atomic E-state index is 0. The molecule has 1 heterocycles. The number of halogens is 2. The molecule has 0 radical (unpaired) electrons. The van der Waals surface area contributed by atoms with E-state index in [1.165, 1.54) is 58.2 Å². The van der Waals surface area contributed by atoms with Gasteiger partial charge in [-0.1, -0.05) is 6.92 Å². The Morgan fingerprint density at radius 2 is 1.75 bits per heavy atom. The Morgan fingerprint density at radius 3 is 2.38 bits per heavy atom.